The molecular weight excluding hydrogens is 498 g/mol. The molecule has 31 heavy (non-hydrogen) atoms. The Kier molecular flexibility index (Phi) is 6.36. The topological polar surface area (TPSA) is 37.7 Å². The van der Waals surface area contributed by atoms with E-state index in [1.54, 1.807) is 9.80 Å². The van der Waals surface area contributed by atoms with Crippen LogP contribution >= 0.6 is 39.7 Å². The second kappa shape index (κ2) is 9.02. The first kappa shape index (κ1) is 21.9. The van der Waals surface area contributed by atoms with Gasteiger partial charge >= 0.3 is 0 Å². The molecule has 3 aromatic rings. The van der Waals surface area contributed by atoms with E-state index in [0.29, 0.717) is 41.3 Å². The van der Waals surface area contributed by atoms with E-state index in [-0.39, 0.29) is 5.91 Å². The Hall–Kier alpha value is -2.35. The number of carbonyl (C=O) groups excluding carboxylic acids is 1. The number of hydrogen-bond donors (Lipinski definition) is 0. The molecule has 2 heterocycles. The first-order chi connectivity index (χ1) is 14.9. The molecule has 2 aromatic carbocycles. The second-order valence-electron chi connectivity index (χ2n) is 7.14. The van der Waals surface area contributed by atoms with Crippen molar-refractivity contribution in [1.82, 2.24) is 14.4 Å². The quantitative estimate of drug-likeness (QED) is 0.316. The molecule has 160 valence electrons. The molecule has 0 saturated carbocycles. The number of rotatable bonds is 6. The number of aromatic nitrogens is 1. The van der Waals surface area contributed by atoms with Crippen LogP contribution in [0.3, 0.4) is 0 Å². The number of benzene rings is 2. The fourth-order valence-electron chi connectivity index (χ4n) is 3.65. The number of thiocarbonyl (C=S) groups is 1. The number of hydrogen-bond acceptors (Lipinski definition) is 3. The summed E-state index contributed by atoms with van der Waals surface area (Å²) in [6.07, 6.45) is 3.95. The van der Waals surface area contributed by atoms with Crippen LogP contribution in [0.5, 0.6) is 5.75 Å². The SMILES string of the molecule is CCN1C(=O)/C(=C/c2cn(CCOc3ccccc3Cl)c3ccc(Br)cc23)N(C)C1=S. The summed E-state index contributed by atoms with van der Waals surface area (Å²) in [6, 6.07) is 13.6. The van der Waals surface area contributed by atoms with Crippen molar-refractivity contribution in [3.8, 4) is 5.75 Å². The van der Waals surface area contributed by atoms with Crippen LogP contribution in [0.15, 0.2) is 58.8 Å². The zero-order chi connectivity index (χ0) is 22.1. The highest BCUT2D eigenvalue weighted by atomic mass is 79.9. The zero-order valence-corrected chi connectivity index (χ0v) is 20.3. The van der Waals surface area contributed by atoms with Crippen molar-refractivity contribution in [2.45, 2.75) is 13.5 Å². The summed E-state index contributed by atoms with van der Waals surface area (Å²) in [5.74, 6) is 0.588. The van der Waals surface area contributed by atoms with Crippen LogP contribution < -0.4 is 4.74 Å². The van der Waals surface area contributed by atoms with Gasteiger partial charge in [-0.3, -0.25) is 9.69 Å². The summed E-state index contributed by atoms with van der Waals surface area (Å²) >= 11 is 15.2. The van der Waals surface area contributed by atoms with Crippen LogP contribution in [0.25, 0.3) is 17.0 Å². The van der Waals surface area contributed by atoms with Crippen LogP contribution in [-0.2, 0) is 11.3 Å². The minimum Gasteiger partial charge on any atom is -0.490 e. The van der Waals surface area contributed by atoms with Crippen molar-refractivity contribution in [3.63, 3.8) is 0 Å². The minimum atomic E-state index is -0.0760. The van der Waals surface area contributed by atoms with Gasteiger partial charge in [0.1, 0.15) is 18.1 Å². The molecule has 5 nitrogen and oxygen atoms in total. The van der Waals surface area contributed by atoms with E-state index in [0.717, 1.165) is 20.9 Å². The normalized spacial score (nSPS) is 15.5. The Morgan fingerprint density at radius 1 is 1.23 bits per heavy atom. The molecular formula is C23H21BrClN3O2S. The van der Waals surface area contributed by atoms with Crippen LogP contribution in [0.4, 0.5) is 0 Å². The van der Waals surface area contributed by atoms with Crippen LogP contribution in [0, 0.1) is 0 Å². The van der Waals surface area contributed by atoms with Gasteiger partial charge in [-0.1, -0.05) is 39.7 Å². The minimum absolute atomic E-state index is 0.0760. The molecule has 0 N–H and O–H groups in total. The summed E-state index contributed by atoms with van der Waals surface area (Å²) < 4.78 is 8.97. The third-order valence-electron chi connectivity index (χ3n) is 5.25. The summed E-state index contributed by atoms with van der Waals surface area (Å²) in [5.41, 5.74) is 2.57. The number of nitrogens with zero attached hydrogens (tertiary/aromatic N) is 3. The predicted molar refractivity (Wildman–Crippen MR) is 132 cm³/mol. The standard InChI is InChI=1S/C23H21BrClN3O2S/c1-3-28-22(29)20(26(2)23(28)31)12-15-14-27(19-9-8-16(24)13-17(15)19)10-11-30-21-7-5-4-6-18(21)25/h4-9,12-14H,3,10-11H2,1-2H3/b20-12-. The number of amides is 1. The van der Waals surface area contributed by atoms with Gasteiger partial charge in [-0.15, -0.1) is 0 Å². The molecule has 1 aromatic heterocycles. The summed E-state index contributed by atoms with van der Waals surface area (Å²) in [4.78, 5) is 16.2. The van der Waals surface area contributed by atoms with Crippen molar-refractivity contribution in [2.75, 3.05) is 20.2 Å². The van der Waals surface area contributed by atoms with Crippen molar-refractivity contribution in [2.24, 2.45) is 0 Å². The first-order valence-electron chi connectivity index (χ1n) is 9.87. The van der Waals surface area contributed by atoms with E-state index in [1.165, 1.54) is 0 Å². The molecule has 1 fully saturated rings. The maximum atomic E-state index is 12.8. The van der Waals surface area contributed by atoms with Gasteiger partial charge in [0.2, 0.25) is 0 Å². The van der Waals surface area contributed by atoms with E-state index in [4.69, 9.17) is 28.6 Å². The Labute approximate surface area is 200 Å². The van der Waals surface area contributed by atoms with E-state index >= 15 is 0 Å². The Balaban J connectivity index is 1.66. The highest BCUT2D eigenvalue weighted by Gasteiger charge is 2.34. The van der Waals surface area contributed by atoms with Gasteiger partial charge in [0, 0.05) is 40.7 Å². The number of carbonyl (C=O) groups is 1. The zero-order valence-electron chi connectivity index (χ0n) is 17.1. The molecule has 0 unspecified atom stereocenters. The van der Waals surface area contributed by atoms with E-state index in [9.17, 15) is 4.79 Å². The number of halogens is 2. The molecule has 0 bridgehead atoms. The fourth-order valence-corrected chi connectivity index (χ4v) is 4.51. The Morgan fingerprint density at radius 2 is 2.00 bits per heavy atom. The van der Waals surface area contributed by atoms with Gasteiger partial charge in [-0.05, 0) is 55.5 Å². The van der Waals surface area contributed by atoms with E-state index < -0.39 is 0 Å². The van der Waals surface area contributed by atoms with Gasteiger partial charge in [0.05, 0.1) is 11.6 Å². The van der Waals surface area contributed by atoms with Crippen molar-refractivity contribution >= 4 is 67.7 Å². The van der Waals surface area contributed by atoms with E-state index in [1.807, 2.05) is 56.6 Å². The fraction of sp³-hybridized carbons (Fsp3) is 0.217. The molecule has 0 spiro atoms. The van der Waals surface area contributed by atoms with Crippen molar-refractivity contribution < 1.29 is 9.53 Å². The molecule has 8 heteroatoms. The maximum absolute atomic E-state index is 12.8. The molecule has 4 rings (SSSR count). The summed E-state index contributed by atoms with van der Waals surface area (Å²) in [6.45, 7) is 3.57. The van der Waals surface area contributed by atoms with Crippen molar-refractivity contribution in [1.29, 1.82) is 0 Å². The molecule has 0 atom stereocenters. The lowest BCUT2D eigenvalue weighted by molar-refractivity contribution is -0.122. The van der Waals surface area contributed by atoms with E-state index in [2.05, 4.69) is 32.6 Å². The molecule has 1 saturated heterocycles. The van der Waals surface area contributed by atoms with Crippen LogP contribution in [0.2, 0.25) is 5.02 Å². The second-order valence-corrected chi connectivity index (χ2v) is 8.83. The number of para-hydroxylation sites is 1. The average Bonchev–Trinajstić information content (AvgIpc) is 3.19. The largest absolute Gasteiger partial charge is 0.490 e. The van der Waals surface area contributed by atoms with Gasteiger partial charge in [-0.2, -0.15) is 0 Å². The van der Waals surface area contributed by atoms with Crippen LogP contribution in [0.1, 0.15) is 12.5 Å². The van der Waals surface area contributed by atoms with Gasteiger partial charge in [0.25, 0.3) is 5.91 Å². The lowest BCUT2D eigenvalue weighted by Gasteiger charge is -2.13. The van der Waals surface area contributed by atoms with Gasteiger partial charge in [0.15, 0.2) is 5.11 Å². The van der Waals surface area contributed by atoms with Gasteiger partial charge in [-0.25, -0.2) is 0 Å². The Morgan fingerprint density at radius 3 is 2.71 bits per heavy atom. The highest BCUT2D eigenvalue weighted by Crippen LogP contribution is 2.30. The maximum Gasteiger partial charge on any atom is 0.276 e. The predicted octanol–water partition coefficient (Wildman–Crippen LogP) is 5.56. The molecule has 1 aliphatic rings. The summed E-state index contributed by atoms with van der Waals surface area (Å²) in [5, 5.41) is 2.16. The lowest BCUT2D eigenvalue weighted by Crippen LogP contribution is -2.30. The van der Waals surface area contributed by atoms with Crippen molar-refractivity contribution in [3.05, 3.63) is 69.4 Å². The molecule has 0 radical (unpaired) electrons. The number of fused-ring (bicyclic) bond motifs is 1. The molecule has 1 aliphatic heterocycles. The highest BCUT2D eigenvalue weighted by molar-refractivity contribution is 9.10. The molecule has 0 aliphatic carbocycles. The number of likely N-dealkylation sites (N-methyl/N-ethyl adjacent to an activating group) is 2. The summed E-state index contributed by atoms with van der Waals surface area (Å²) in [7, 11) is 1.83. The molecule has 1 amide bonds. The average molecular weight is 519 g/mol. The van der Waals surface area contributed by atoms with Gasteiger partial charge < -0.3 is 14.2 Å². The van der Waals surface area contributed by atoms with Crippen LogP contribution in [-0.4, -0.2) is 45.6 Å². The third-order valence-corrected chi connectivity index (χ3v) is 6.55. The lowest BCUT2D eigenvalue weighted by atomic mass is 10.1. The third kappa shape index (κ3) is 4.22. The number of ether oxygens (including phenoxy) is 1. The Bertz CT molecular complexity index is 1210. The first-order valence-corrected chi connectivity index (χ1v) is 11.5. The smallest absolute Gasteiger partial charge is 0.276 e. The monoisotopic (exact) mass is 517 g/mol.